The van der Waals surface area contributed by atoms with Crippen LogP contribution in [0.1, 0.15) is 18.3 Å². The molecule has 0 saturated carbocycles. The predicted molar refractivity (Wildman–Crippen MR) is 81.8 cm³/mol. The van der Waals surface area contributed by atoms with E-state index in [1.807, 2.05) is 37.6 Å². The van der Waals surface area contributed by atoms with Crippen molar-refractivity contribution in [2.24, 2.45) is 7.05 Å². The lowest BCUT2D eigenvalue weighted by Crippen LogP contribution is -2.24. The highest BCUT2D eigenvalue weighted by molar-refractivity contribution is 7.89. The molecule has 0 aliphatic heterocycles. The third-order valence-electron chi connectivity index (χ3n) is 3.37. The van der Waals surface area contributed by atoms with Crippen LogP contribution < -0.4 is 9.46 Å². The molecule has 1 aromatic heterocycles. The van der Waals surface area contributed by atoms with Gasteiger partial charge in [0.05, 0.1) is 18.0 Å². The number of benzene rings is 1. The molecular weight excluding hydrogens is 288 g/mol. The summed E-state index contributed by atoms with van der Waals surface area (Å²) in [5.74, 6) is 0.662. The molecule has 1 heterocycles. The van der Waals surface area contributed by atoms with E-state index >= 15 is 0 Å². The first-order valence-corrected chi connectivity index (χ1v) is 8.26. The van der Waals surface area contributed by atoms with Crippen LogP contribution in [0.5, 0.6) is 5.75 Å². The predicted octanol–water partition coefficient (Wildman–Crippen LogP) is 2.21. The Morgan fingerprint density at radius 3 is 2.33 bits per heavy atom. The largest absolute Gasteiger partial charge is 0.494 e. The fraction of sp³-hybridized carbons (Fsp3) is 0.333. The van der Waals surface area contributed by atoms with Crippen LogP contribution in [0.25, 0.3) is 0 Å². The van der Waals surface area contributed by atoms with Crippen LogP contribution in [0.15, 0.2) is 41.3 Å². The van der Waals surface area contributed by atoms with Gasteiger partial charge in [0, 0.05) is 18.4 Å². The van der Waals surface area contributed by atoms with E-state index in [2.05, 4.69) is 4.72 Å². The molecular formula is C15H20N2O3S. The summed E-state index contributed by atoms with van der Waals surface area (Å²) in [6, 6.07) is 10.3. The Bertz CT molecular complexity index is 703. The second kappa shape index (κ2) is 6.32. The van der Waals surface area contributed by atoms with Gasteiger partial charge in [0.15, 0.2) is 0 Å². The summed E-state index contributed by atoms with van der Waals surface area (Å²) in [5, 5.41) is 0. The molecule has 0 atom stereocenters. The lowest BCUT2D eigenvalue weighted by Gasteiger charge is -2.09. The molecule has 2 aromatic rings. The maximum absolute atomic E-state index is 12.2. The molecule has 0 fully saturated rings. The van der Waals surface area contributed by atoms with E-state index in [1.165, 1.54) is 0 Å². The summed E-state index contributed by atoms with van der Waals surface area (Å²) in [7, 11) is -1.60. The van der Waals surface area contributed by atoms with Gasteiger partial charge in [-0.2, -0.15) is 0 Å². The number of nitrogens with one attached hydrogen (secondary N) is 1. The fourth-order valence-corrected chi connectivity index (χ4v) is 2.98. The second-order valence-corrected chi connectivity index (χ2v) is 6.52. The van der Waals surface area contributed by atoms with Crippen molar-refractivity contribution in [1.29, 1.82) is 0 Å². The first kappa shape index (κ1) is 15.6. The third kappa shape index (κ3) is 3.65. The average molecular weight is 308 g/mol. The van der Waals surface area contributed by atoms with Gasteiger partial charge in [0.1, 0.15) is 5.75 Å². The standard InChI is InChI=1S/C15H20N2O3S/c1-4-20-14-7-9-15(10-8-14)21(18,19)16-11-13-6-5-12(2)17(13)3/h5-10,16H,4,11H2,1-3H3. The van der Waals surface area contributed by atoms with Gasteiger partial charge in [0.2, 0.25) is 10.0 Å². The van der Waals surface area contributed by atoms with E-state index in [0.717, 1.165) is 11.4 Å². The molecule has 1 aromatic carbocycles. The lowest BCUT2D eigenvalue weighted by atomic mass is 10.3. The summed E-state index contributed by atoms with van der Waals surface area (Å²) in [5.41, 5.74) is 2.01. The van der Waals surface area contributed by atoms with Crippen LogP contribution in [0.3, 0.4) is 0 Å². The molecule has 114 valence electrons. The molecule has 0 radical (unpaired) electrons. The van der Waals surface area contributed by atoms with Crippen molar-refractivity contribution in [2.75, 3.05) is 6.61 Å². The van der Waals surface area contributed by atoms with Crippen LogP contribution in [0, 0.1) is 6.92 Å². The Morgan fingerprint density at radius 2 is 1.81 bits per heavy atom. The fourth-order valence-electron chi connectivity index (χ4n) is 1.98. The number of aryl methyl sites for hydroxylation is 1. The summed E-state index contributed by atoms with van der Waals surface area (Å²) >= 11 is 0. The smallest absolute Gasteiger partial charge is 0.240 e. The van der Waals surface area contributed by atoms with Gasteiger partial charge in [-0.3, -0.25) is 0 Å². The summed E-state index contributed by atoms with van der Waals surface area (Å²) in [6.07, 6.45) is 0. The normalized spacial score (nSPS) is 11.6. The maximum atomic E-state index is 12.2. The molecule has 0 aliphatic carbocycles. The van der Waals surface area contributed by atoms with Crippen molar-refractivity contribution in [3.05, 3.63) is 47.8 Å². The van der Waals surface area contributed by atoms with Gasteiger partial charge in [-0.05, 0) is 50.2 Å². The number of ether oxygens (including phenoxy) is 1. The van der Waals surface area contributed by atoms with Crippen molar-refractivity contribution in [3.63, 3.8) is 0 Å². The first-order chi connectivity index (χ1) is 9.94. The lowest BCUT2D eigenvalue weighted by molar-refractivity contribution is 0.340. The van der Waals surface area contributed by atoms with E-state index < -0.39 is 10.0 Å². The Labute approximate surface area is 125 Å². The van der Waals surface area contributed by atoms with E-state index in [9.17, 15) is 8.42 Å². The molecule has 0 unspecified atom stereocenters. The van der Waals surface area contributed by atoms with E-state index in [4.69, 9.17) is 4.74 Å². The maximum Gasteiger partial charge on any atom is 0.240 e. The van der Waals surface area contributed by atoms with Gasteiger partial charge in [-0.25, -0.2) is 13.1 Å². The van der Waals surface area contributed by atoms with Gasteiger partial charge >= 0.3 is 0 Å². The molecule has 1 N–H and O–H groups in total. The number of hydrogen-bond acceptors (Lipinski definition) is 3. The minimum Gasteiger partial charge on any atom is -0.494 e. The minimum absolute atomic E-state index is 0.233. The average Bonchev–Trinajstić information content (AvgIpc) is 2.78. The molecule has 6 heteroatoms. The van der Waals surface area contributed by atoms with Gasteiger partial charge in [-0.15, -0.1) is 0 Å². The molecule has 2 rings (SSSR count). The van der Waals surface area contributed by atoms with E-state index in [0.29, 0.717) is 12.4 Å². The van der Waals surface area contributed by atoms with Crippen LogP contribution in [-0.4, -0.2) is 19.6 Å². The van der Waals surface area contributed by atoms with E-state index in [-0.39, 0.29) is 11.4 Å². The Balaban J connectivity index is 2.09. The molecule has 0 spiro atoms. The van der Waals surface area contributed by atoms with Gasteiger partial charge in [0.25, 0.3) is 0 Å². The van der Waals surface area contributed by atoms with E-state index in [1.54, 1.807) is 24.3 Å². The second-order valence-electron chi connectivity index (χ2n) is 4.75. The summed E-state index contributed by atoms with van der Waals surface area (Å²) in [6.45, 7) is 4.68. The highest BCUT2D eigenvalue weighted by atomic mass is 32.2. The monoisotopic (exact) mass is 308 g/mol. The number of aromatic nitrogens is 1. The van der Waals surface area contributed by atoms with Crippen LogP contribution in [0.2, 0.25) is 0 Å². The van der Waals surface area contributed by atoms with Crippen LogP contribution in [0.4, 0.5) is 0 Å². The zero-order chi connectivity index (χ0) is 15.5. The van der Waals surface area contributed by atoms with Crippen molar-refractivity contribution < 1.29 is 13.2 Å². The van der Waals surface area contributed by atoms with Crippen LogP contribution in [-0.2, 0) is 23.6 Å². The highest BCUT2D eigenvalue weighted by Gasteiger charge is 2.14. The SMILES string of the molecule is CCOc1ccc(S(=O)(=O)NCc2ccc(C)n2C)cc1. The molecule has 0 saturated heterocycles. The summed E-state index contributed by atoms with van der Waals surface area (Å²) < 4.78 is 34.3. The Kier molecular flexibility index (Phi) is 4.69. The van der Waals surface area contributed by atoms with Crippen molar-refractivity contribution in [2.45, 2.75) is 25.3 Å². The topological polar surface area (TPSA) is 60.3 Å². The highest BCUT2D eigenvalue weighted by Crippen LogP contribution is 2.16. The zero-order valence-corrected chi connectivity index (χ0v) is 13.3. The van der Waals surface area contributed by atoms with Crippen molar-refractivity contribution in [3.8, 4) is 5.75 Å². The molecule has 0 aliphatic rings. The quantitative estimate of drug-likeness (QED) is 0.890. The molecule has 5 nitrogen and oxygen atoms in total. The molecule has 0 bridgehead atoms. The van der Waals surface area contributed by atoms with Crippen molar-refractivity contribution in [1.82, 2.24) is 9.29 Å². The minimum atomic E-state index is -3.52. The Hall–Kier alpha value is -1.79. The number of nitrogens with zero attached hydrogens (tertiary/aromatic N) is 1. The number of sulfonamides is 1. The van der Waals surface area contributed by atoms with Crippen molar-refractivity contribution >= 4 is 10.0 Å². The molecule has 21 heavy (non-hydrogen) atoms. The van der Waals surface area contributed by atoms with Gasteiger partial charge in [-0.1, -0.05) is 0 Å². The van der Waals surface area contributed by atoms with Crippen LogP contribution >= 0.6 is 0 Å². The number of hydrogen-bond donors (Lipinski definition) is 1. The number of rotatable bonds is 6. The third-order valence-corrected chi connectivity index (χ3v) is 4.78. The first-order valence-electron chi connectivity index (χ1n) is 6.78. The zero-order valence-electron chi connectivity index (χ0n) is 12.5. The molecule has 0 amide bonds. The Morgan fingerprint density at radius 1 is 1.14 bits per heavy atom. The van der Waals surface area contributed by atoms with Gasteiger partial charge < -0.3 is 9.30 Å². The summed E-state index contributed by atoms with van der Waals surface area (Å²) in [4.78, 5) is 0.233.